The molecular formula is C12H20N2OS. The number of nitrogens with zero attached hydrogens (tertiary/aromatic N) is 1. The molecule has 0 bridgehead atoms. The smallest absolute Gasteiger partial charge is 0.246 e. The summed E-state index contributed by atoms with van der Waals surface area (Å²) >= 11 is 1.67. The van der Waals surface area contributed by atoms with Crippen molar-refractivity contribution in [3.8, 4) is 0 Å². The van der Waals surface area contributed by atoms with Crippen LogP contribution in [0.2, 0.25) is 0 Å². The largest absolute Gasteiger partial charge is 0.368 e. The van der Waals surface area contributed by atoms with Crippen molar-refractivity contribution in [3.05, 3.63) is 12.7 Å². The van der Waals surface area contributed by atoms with Crippen molar-refractivity contribution in [2.45, 2.75) is 44.6 Å². The summed E-state index contributed by atoms with van der Waals surface area (Å²) in [6.07, 6.45) is 6.81. The van der Waals surface area contributed by atoms with Gasteiger partial charge in [0.15, 0.2) is 5.54 Å². The van der Waals surface area contributed by atoms with E-state index in [-0.39, 0.29) is 5.91 Å². The number of carbonyl (C=O) groups excluding carboxylic acids is 1. The van der Waals surface area contributed by atoms with E-state index in [9.17, 15) is 4.79 Å². The number of hydrogen-bond acceptors (Lipinski definition) is 3. The second-order valence-corrected chi connectivity index (χ2v) is 5.19. The predicted molar refractivity (Wildman–Crippen MR) is 70.8 cm³/mol. The Hall–Kier alpha value is -0.770. The van der Waals surface area contributed by atoms with Crippen molar-refractivity contribution >= 4 is 22.7 Å². The summed E-state index contributed by atoms with van der Waals surface area (Å²) in [6.45, 7) is 5.84. The molecule has 90 valence electrons. The SMILES string of the molecule is C=CCC1(C(N)=O)CSC(CCCCC)=N1. The van der Waals surface area contributed by atoms with Crippen LogP contribution in [0.25, 0.3) is 0 Å². The van der Waals surface area contributed by atoms with Gasteiger partial charge in [-0.05, 0) is 12.8 Å². The Morgan fingerprint density at radius 1 is 1.69 bits per heavy atom. The minimum absolute atomic E-state index is 0.328. The molecule has 0 radical (unpaired) electrons. The van der Waals surface area contributed by atoms with Crippen molar-refractivity contribution < 1.29 is 4.79 Å². The molecule has 3 nitrogen and oxygen atoms in total. The highest BCUT2D eigenvalue weighted by molar-refractivity contribution is 8.14. The van der Waals surface area contributed by atoms with Crippen molar-refractivity contribution in [1.82, 2.24) is 0 Å². The van der Waals surface area contributed by atoms with Gasteiger partial charge in [0.2, 0.25) is 5.91 Å². The molecule has 1 atom stereocenters. The van der Waals surface area contributed by atoms with Gasteiger partial charge in [0, 0.05) is 12.2 Å². The molecule has 0 aliphatic carbocycles. The molecule has 0 aromatic carbocycles. The number of rotatable bonds is 7. The molecule has 0 aromatic heterocycles. The van der Waals surface area contributed by atoms with Crippen LogP contribution in [0.3, 0.4) is 0 Å². The quantitative estimate of drug-likeness (QED) is 0.549. The molecule has 1 aliphatic rings. The number of aliphatic imine (C=N–C) groups is 1. The molecule has 4 heteroatoms. The molecular weight excluding hydrogens is 220 g/mol. The Labute approximate surface area is 102 Å². The lowest BCUT2D eigenvalue weighted by molar-refractivity contribution is -0.122. The Morgan fingerprint density at radius 2 is 2.44 bits per heavy atom. The van der Waals surface area contributed by atoms with Gasteiger partial charge in [-0.2, -0.15) is 0 Å². The molecule has 16 heavy (non-hydrogen) atoms. The predicted octanol–water partition coefficient (Wildman–Crippen LogP) is 2.51. The number of unbranched alkanes of at least 4 members (excludes halogenated alkanes) is 2. The molecule has 1 unspecified atom stereocenters. The van der Waals surface area contributed by atoms with Crippen molar-refractivity contribution in [1.29, 1.82) is 0 Å². The van der Waals surface area contributed by atoms with Gasteiger partial charge in [-0.15, -0.1) is 18.3 Å². The summed E-state index contributed by atoms with van der Waals surface area (Å²) in [7, 11) is 0. The molecule has 2 N–H and O–H groups in total. The highest BCUT2D eigenvalue weighted by atomic mass is 32.2. The average Bonchev–Trinajstić information content (AvgIpc) is 2.64. The lowest BCUT2D eigenvalue weighted by atomic mass is 9.98. The van der Waals surface area contributed by atoms with Gasteiger partial charge in [-0.1, -0.05) is 25.8 Å². The van der Waals surface area contributed by atoms with E-state index in [2.05, 4.69) is 18.5 Å². The van der Waals surface area contributed by atoms with Crippen LogP contribution in [0.5, 0.6) is 0 Å². The van der Waals surface area contributed by atoms with Gasteiger partial charge in [-0.25, -0.2) is 0 Å². The van der Waals surface area contributed by atoms with Crippen LogP contribution in [0.4, 0.5) is 0 Å². The van der Waals surface area contributed by atoms with Crippen LogP contribution in [0, 0.1) is 0 Å². The highest BCUT2D eigenvalue weighted by Crippen LogP contribution is 2.32. The Balaban J connectivity index is 2.62. The van der Waals surface area contributed by atoms with E-state index < -0.39 is 5.54 Å². The Bertz CT molecular complexity index is 301. The van der Waals surface area contributed by atoms with Crippen LogP contribution >= 0.6 is 11.8 Å². The lowest BCUT2D eigenvalue weighted by Gasteiger charge is -2.18. The van der Waals surface area contributed by atoms with Gasteiger partial charge in [0.25, 0.3) is 0 Å². The molecule has 1 rings (SSSR count). The van der Waals surface area contributed by atoms with E-state index in [1.54, 1.807) is 17.8 Å². The first-order valence-electron chi connectivity index (χ1n) is 5.77. The van der Waals surface area contributed by atoms with E-state index in [4.69, 9.17) is 5.73 Å². The maximum absolute atomic E-state index is 11.4. The number of carbonyl (C=O) groups is 1. The molecule has 1 amide bonds. The monoisotopic (exact) mass is 240 g/mol. The number of nitrogens with two attached hydrogens (primary N) is 1. The van der Waals surface area contributed by atoms with Crippen LogP contribution in [-0.4, -0.2) is 22.2 Å². The second kappa shape index (κ2) is 6.09. The van der Waals surface area contributed by atoms with Crippen molar-refractivity contribution in [2.24, 2.45) is 10.7 Å². The third-order valence-corrected chi connectivity index (χ3v) is 4.00. The van der Waals surface area contributed by atoms with Crippen LogP contribution < -0.4 is 5.73 Å². The van der Waals surface area contributed by atoms with Crippen molar-refractivity contribution in [3.63, 3.8) is 0 Å². The fourth-order valence-electron chi connectivity index (χ4n) is 1.73. The van der Waals surface area contributed by atoms with E-state index in [0.29, 0.717) is 12.2 Å². The van der Waals surface area contributed by atoms with Crippen LogP contribution in [0.1, 0.15) is 39.0 Å². The number of hydrogen-bond donors (Lipinski definition) is 1. The summed E-state index contributed by atoms with van der Waals surface area (Å²) in [6, 6.07) is 0. The normalized spacial score (nSPS) is 24.2. The van der Waals surface area contributed by atoms with Gasteiger partial charge in [0.05, 0.1) is 5.04 Å². The van der Waals surface area contributed by atoms with E-state index in [1.807, 2.05) is 0 Å². The summed E-state index contributed by atoms with van der Waals surface area (Å²) in [4.78, 5) is 16.0. The Morgan fingerprint density at radius 3 is 3.00 bits per heavy atom. The zero-order valence-electron chi connectivity index (χ0n) is 9.87. The summed E-state index contributed by atoms with van der Waals surface area (Å²) in [5, 5.41) is 1.08. The fraction of sp³-hybridized carbons (Fsp3) is 0.667. The summed E-state index contributed by atoms with van der Waals surface area (Å²) < 4.78 is 0. The number of thioether (sulfide) groups is 1. The minimum Gasteiger partial charge on any atom is -0.368 e. The summed E-state index contributed by atoms with van der Waals surface area (Å²) in [5.74, 6) is 0.348. The average molecular weight is 240 g/mol. The molecule has 1 heterocycles. The van der Waals surface area contributed by atoms with Gasteiger partial charge in [0.1, 0.15) is 0 Å². The van der Waals surface area contributed by atoms with Crippen LogP contribution in [0.15, 0.2) is 17.6 Å². The third kappa shape index (κ3) is 3.11. The third-order valence-electron chi connectivity index (χ3n) is 2.75. The maximum atomic E-state index is 11.4. The molecule has 0 saturated heterocycles. The first-order valence-corrected chi connectivity index (χ1v) is 6.75. The van der Waals surface area contributed by atoms with Gasteiger partial charge in [-0.3, -0.25) is 9.79 Å². The highest BCUT2D eigenvalue weighted by Gasteiger charge is 2.39. The van der Waals surface area contributed by atoms with Crippen LogP contribution in [-0.2, 0) is 4.79 Å². The van der Waals surface area contributed by atoms with Gasteiger partial charge >= 0.3 is 0 Å². The van der Waals surface area contributed by atoms with E-state index >= 15 is 0 Å². The maximum Gasteiger partial charge on any atom is 0.246 e. The van der Waals surface area contributed by atoms with E-state index in [0.717, 1.165) is 17.9 Å². The van der Waals surface area contributed by atoms with Gasteiger partial charge < -0.3 is 5.73 Å². The standard InChI is InChI=1S/C12H20N2OS/c1-3-5-6-7-10-14-12(8-4-2,9-16-10)11(13)15/h4H,2-3,5-9H2,1H3,(H2,13,15). The zero-order chi connectivity index (χ0) is 12.0. The summed E-state index contributed by atoms with van der Waals surface area (Å²) in [5.41, 5.74) is 4.71. The first kappa shape index (κ1) is 13.3. The second-order valence-electron chi connectivity index (χ2n) is 4.14. The van der Waals surface area contributed by atoms with E-state index in [1.165, 1.54) is 12.8 Å². The zero-order valence-corrected chi connectivity index (χ0v) is 10.7. The van der Waals surface area contributed by atoms with Crippen molar-refractivity contribution in [2.75, 3.05) is 5.75 Å². The lowest BCUT2D eigenvalue weighted by Crippen LogP contribution is -2.42. The molecule has 0 aromatic rings. The molecule has 0 spiro atoms. The Kier molecular flexibility index (Phi) is 5.06. The number of amides is 1. The minimum atomic E-state index is -0.714. The molecule has 0 fully saturated rings. The fourth-order valence-corrected chi connectivity index (χ4v) is 2.99. The first-order chi connectivity index (χ1) is 7.64. The number of primary amides is 1. The molecule has 1 aliphatic heterocycles. The topological polar surface area (TPSA) is 55.5 Å². The molecule has 0 saturated carbocycles.